The van der Waals surface area contributed by atoms with Gasteiger partial charge in [-0.05, 0) is 97.0 Å². The van der Waals surface area contributed by atoms with Crippen LogP contribution in [-0.2, 0) is 44.2 Å². The molecule has 9 nitrogen and oxygen atoms in total. The molecule has 0 bridgehead atoms. The first kappa shape index (κ1) is 34.5. The molecule has 1 atom stereocenters. The van der Waals surface area contributed by atoms with Gasteiger partial charge in [0.1, 0.15) is 0 Å². The second-order valence-corrected chi connectivity index (χ2v) is 14.0. The lowest BCUT2D eigenvalue weighted by Crippen LogP contribution is -2.43. The van der Waals surface area contributed by atoms with E-state index >= 15 is 0 Å². The first-order valence-corrected chi connectivity index (χ1v) is 17.6. The van der Waals surface area contributed by atoms with Crippen LogP contribution >= 0.6 is 0 Å². The van der Waals surface area contributed by atoms with E-state index in [4.69, 9.17) is 0 Å². The number of aromatic carboxylic acids is 1. The summed E-state index contributed by atoms with van der Waals surface area (Å²) in [4.78, 5) is 58.8. The second kappa shape index (κ2) is 14.0. The number of aromatic nitrogens is 1. The molecule has 0 unspecified atom stereocenters. The average molecular weight is 695 g/mol. The number of rotatable bonds is 7. The van der Waals surface area contributed by atoms with Crippen LogP contribution in [0.4, 0.5) is 5.69 Å². The van der Waals surface area contributed by atoms with Crippen molar-refractivity contribution in [1.82, 2.24) is 14.4 Å². The molecule has 0 saturated carbocycles. The van der Waals surface area contributed by atoms with Crippen LogP contribution in [0.2, 0.25) is 0 Å². The number of nitrogens with zero attached hydrogens (tertiary/aromatic N) is 4. The van der Waals surface area contributed by atoms with Crippen LogP contribution in [0, 0.1) is 6.92 Å². The van der Waals surface area contributed by atoms with E-state index in [1.807, 2.05) is 82.9 Å². The largest absolute Gasteiger partial charge is 0.478 e. The van der Waals surface area contributed by atoms with Crippen molar-refractivity contribution in [3.63, 3.8) is 0 Å². The summed E-state index contributed by atoms with van der Waals surface area (Å²) in [5.41, 5.74) is 9.52. The molecule has 264 valence electrons. The molecular weight excluding hydrogens is 652 g/mol. The first-order chi connectivity index (χ1) is 25.0. The molecule has 0 fully saturated rings. The minimum absolute atomic E-state index is 0.0244. The lowest BCUT2D eigenvalue weighted by molar-refractivity contribution is -0.131. The van der Waals surface area contributed by atoms with Crippen molar-refractivity contribution in [3.8, 4) is 11.3 Å². The smallest absolute Gasteiger partial charge is 0.335 e. The van der Waals surface area contributed by atoms with E-state index in [-0.39, 0.29) is 35.7 Å². The van der Waals surface area contributed by atoms with E-state index in [2.05, 4.69) is 25.1 Å². The second-order valence-electron chi connectivity index (χ2n) is 14.0. The summed E-state index contributed by atoms with van der Waals surface area (Å²) >= 11 is 0. The third-order valence-corrected chi connectivity index (χ3v) is 10.7. The van der Waals surface area contributed by atoms with Crippen LogP contribution in [0.25, 0.3) is 11.3 Å². The Morgan fingerprint density at radius 1 is 0.808 bits per heavy atom. The van der Waals surface area contributed by atoms with Crippen molar-refractivity contribution in [1.29, 1.82) is 0 Å². The van der Waals surface area contributed by atoms with E-state index < -0.39 is 5.97 Å². The Labute approximate surface area is 303 Å². The van der Waals surface area contributed by atoms with Gasteiger partial charge < -0.3 is 24.4 Å². The molecule has 0 spiro atoms. The number of carbonyl (C=O) groups excluding carboxylic acids is 3. The van der Waals surface area contributed by atoms with Crippen molar-refractivity contribution in [2.75, 3.05) is 18.5 Å². The summed E-state index contributed by atoms with van der Waals surface area (Å²) in [6.07, 6.45) is 1.52. The van der Waals surface area contributed by atoms with E-state index in [0.29, 0.717) is 37.2 Å². The Kier molecular flexibility index (Phi) is 9.27. The lowest BCUT2D eigenvalue weighted by atomic mass is 9.89. The maximum atomic E-state index is 14.8. The summed E-state index contributed by atoms with van der Waals surface area (Å²) in [6, 6.07) is 30.1. The molecule has 9 heteroatoms. The van der Waals surface area contributed by atoms with Gasteiger partial charge in [-0.15, -0.1) is 0 Å². The number of amides is 3. The highest BCUT2D eigenvalue weighted by atomic mass is 16.4. The number of carboxylic acid groups (broad SMARTS) is 1. The number of para-hydroxylation sites is 1. The molecule has 4 aromatic carbocycles. The Balaban J connectivity index is 1.25. The maximum Gasteiger partial charge on any atom is 0.335 e. The van der Waals surface area contributed by atoms with E-state index in [1.54, 1.807) is 24.1 Å². The van der Waals surface area contributed by atoms with Crippen molar-refractivity contribution in [2.45, 2.75) is 52.2 Å². The van der Waals surface area contributed by atoms with Crippen molar-refractivity contribution >= 4 is 29.4 Å². The normalized spacial score (nSPS) is 15.1. The molecule has 0 aliphatic carbocycles. The fraction of sp³-hybridized carbons (Fsp3) is 0.256. The van der Waals surface area contributed by atoms with Crippen LogP contribution in [0.15, 0.2) is 97.1 Å². The summed E-state index contributed by atoms with van der Waals surface area (Å²) < 4.78 is 1.99. The summed E-state index contributed by atoms with van der Waals surface area (Å²) in [7, 11) is 3.70. The number of fused-ring (bicyclic) bond motifs is 2. The van der Waals surface area contributed by atoms with Gasteiger partial charge in [0.2, 0.25) is 5.91 Å². The van der Waals surface area contributed by atoms with Gasteiger partial charge in [0.15, 0.2) is 0 Å². The molecule has 1 N–H and O–H groups in total. The van der Waals surface area contributed by atoms with E-state index in [9.17, 15) is 24.3 Å². The van der Waals surface area contributed by atoms with Gasteiger partial charge in [0.25, 0.3) is 11.8 Å². The Hall–Kier alpha value is -5.96. The van der Waals surface area contributed by atoms with Crippen LogP contribution in [0.3, 0.4) is 0 Å². The van der Waals surface area contributed by atoms with Gasteiger partial charge in [0, 0.05) is 68.0 Å². The van der Waals surface area contributed by atoms with Gasteiger partial charge >= 0.3 is 5.97 Å². The van der Waals surface area contributed by atoms with Crippen LogP contribution in [0.5, 0.6) is 0 Å². The van der Waals surface area contributed by atoms with Gasteiger partial charge in [-0.3, -0.25) is 14.4 Å². The van der Waals surface area contributed by atoms with Crippen LogP contribution < -0.4 is 4.90 Å². The number of carboxylic acids is 1. The topological polar surface area (TPSA) is 103 Å². The van der Waals surface area contributed by atoms with Crippen LogP contribution in [-0.4, -0.2) is 62.8 Å². The van der Waals surface area contributed by atoms with Gasteiger partial charge in [-0.1, -0.05) is 54.6 Å². The third-order valence-electron chi connectivity index (χ3n) is 10.7. The molecule has 5 aromatic rings. The van der Waals surface area contributed by atoms with Crippen molar-refractivity contribution in [2.24, 2.45) is 7.05 Å². The number of hydrogen-bond acceptors (Lipinski definition) is 4. The molecule has 52 heavy (non-hydrogen) atoms. The van der Waals surface area contributed by atoms with Crippen LogP contribution in [0.1, 0.15) is 71.5 Å². The molecule has 7 rings (SSSR count). The molecular formula is C43H42N4O5. The predicted octanol–water partition coefficient (Wildman–Crippen LogP) is 6.69. The number of anilines is 1. The zero-order chi connectivity index (χ0) is 36.7. The lowest BCUT2D eigenvalue weighted by Gasteiger charge is -2.36. The zero-order valence-corrected chi connectivity index (χ0v) is 29.9. The standard InChI is InChI=1S/C43H42N4O5/c1-27-20-31-10-8-9-11-33(31)26-47(27)42(50)38-23-34-25-46(40(48)21-29-14-16-30(17-15-29)43(51)52)19-18-32(34)22-37(38)39-24-36(28(2)44(39)3)41(49)45(4)35-12-6-5-7-13-35/h5-17,22-24,27H,18-21,25-26H2,1-4H3,(H,51,52)/t27-/m1/s1. The third kappa shape index (κ3) is 6.50. The molecule has 0 saturated heterocycles. The summed E-state index contributed by atoms with van der Waals surface area (Å²) in [6.45, 7) is 5.38. The molecule has 3 heterocycles. The first-order valence-electron chi connectivity index (χ1n) is 17.6. The van der Waals surface area contributed by atoms with Crippen molar-refractivity contribution < 1.29 is 24.3 Å². The Morgan fingerprint density at radius 2 is 1.50 bits per heavy atom. The highest BCUT2D eigenvalue weighted by Crippen LogP contribution is 2.36. The average Bonchev–Trinajstić information content (AvgIpc) is 3.46. The Bertz CT molecular complexity index is 2200. The molecule has 2 aliphatic rings. The molecule has 0 radical (unpaired) electrons. The maximum absolute atomic E-state index is 14.8. The van der Waals surface area contributed by atoms with E-state index in [1.165, 1.54) is 17.7 Å². The molecule has 2 aliphatic heterocycles. The molecule has 3 amide bonds. The Morgan fingerprint density at radius 3 is 2.21 bits per heavy atom. The number of hydrogen-bond donors (Lipinski definition) is 1. The van der Waals surface area contributed by atoms with E-state index in [0.717, 1.165) is 51.3 Å². The predicted molar refractivity (Wildman–Crippen MR) is 200 cm³/mol. The fourth-order valence-corrected chi connectivity index (χ4v) is 7.49. The summed E-state index contributed by atoms with van der Waals surface area (Å²) in [5, 5.41) is 9.25. The zero-order valence-electron chi connectivity index (χ0n) is 29.9. The van der Waals surface area contributed by atoms with Crippen molar-refractivity contribution in [3.05, 3.63) is 147 Å². The quantitative estimate of drug-likeness (QED) is 0.205. The minimum Gasteiger partial charge on any atom is -0.478 e. The number of carbonyl (C=O) groups is 4. The highest BCUT2D eigenvalue weighted by Gasteiger charge is 2.32. The molecule has 1 aromatic heterocycles. The summed E-state index contributed by atoms with van der Waals surface area (Å²) in [5.74, 6) is -1.29. The SMILES string of the molecule is Cc1c(C(=O)N(C)c2ccccc2)cc(-c2cc3c(cc2C(=O)N2Cc4ccccc4C[C@H]2C)CN(C(=O)Cc2ccc(C(=O)O)cc2)CC3)n1C. The van der Waals surface area contributed by atoms with Gasteiger partial charge in [-0.25, -0.2) is 4.79 Å². The van der Waals surface area contributed by atoms with Gasteiger partial charge in [0.05, 0.1) is 17.5 Å². The fourth-order valence-electron chi connectivity index (χ4n) is 7.49. The monoisotopic (exact) mass is 694 g/mol. The highest BCUT2D eigenvalue weighted by molar-refractivity contribution is 6.08. The minimum atomic E-state index is -1.01. The number of benzene rings is 4. The van der Waals surface area contributed by atoms with Gasteiger partial charge in [-0.2, -0.15) is 0 Å².